The molecule has 2 amide bonds. The minimum absolute atomic E-state index is 0.121. The number of phenols is 1. The minimum Gasteiger partial charge on any atom is -0.504 e. The number of allylic oxidation sites excluding steroid dienone is 6. The molecule has 4 atom stereocenters. The molecule has 0 spiro atoms. The number of amides is 2. The van der Waals surface area contributed by atoms with Crippen molar-refractivity contribution in [3.05, 3.63) is 122 Å². The van der Waals surface area contributed by atoms with Crippen LogP contribution < -0.4 is 9.64 Å². The number of hydrogen-bond acceptors (Lipinski definition) is 7. The summed E-state index contributed by atoms with van der Waals surface area (Å²) in [5, 5.41) is 11.3. The van der Waals surface area contributed by atoms with E-state index in [9.17, 15) is 29.1 Å². The van der Waals surface area contributed by atoms with Crippen molar-refractivity contribution >= 4 is 50.8 Å². The number of benzene rings is 3. The number of ether oxygens (including phenoxy) is 1. The molecule has 3 aromatic rings. The summed E-state index contributed by atoms with van der Waals surface area (Å²) in [5.74, 6) is -4.31. The third-order valence-corrected chi connectivity index (χ3v) is 10.0. The number of anilines is 1. The lowest BCUT2D eigenvalue weighted by molar-refractivity contribution is -0.123. The smallest absolute Gasteiger partial charge is 0.238 e. The van der Waals surface area contributed by atoms with Gasteiger partial charge in [-0.1, -0.05) is 57.9 Å². The number of aromatic hydroxyl groups is 1. The van der Waals surface area contributed by atoms with Gasteiger partial charge >= 0.3 is 0 Å². The number of halogens is 1. The van der Waals surface area contributed by atoms with Gasteiger partial charge in [-0.05, 0) is 68.2 Å². The van der Waals surface area contributed by atoms with Crippen LogP contribution in [0.15, 0.2) is 106 Å². The first kappa shape index (κ1) is 29.8. The molecular weight excluding hydrogens is 650 g/mol. The number of imide groups is 1. The Hall–Kier alpha value is -4.89. The van der Waals surface area contributed by atoms with Crippen molar-refractivity contribution in [2.75, 3.05) is 12.0 Å². The Bertz CT molecular complexity index is 1970. The number of carbonyl (C=O) groups excluding carboxylic acids is 5. The molecule has 1 N–H and O–H groups in total. The topological polar surface area (TPSA) is 118 Å². The second-order valence-electron chi connectivity index (χ2n) is 12.0. The zero-order valence-corrected chi connectivity index (χ0v) is 26.5. The highest BCUT2D eigenvalue weighted by Gasteiger charge is 2.57. The third kappa shape index (κ3) is 4.52. The fourth-order valence-electron chi connectivity index (χ4n) is 7.46. The summed E-state index contributed by atoms with van der Waals surface area (Å²) in [5.41, 5.74) is 3.30. The molecule has 0 bridgehead atoms. The second-order valence-corrected chi connectivity index (χ2v) is 12.9. The predicted octanol–water partition coefficient (Wildman–Crippen LogP) is 6.03. The van der Waals surface area contributed by atoms with Crippen LogP contribution in [0.3, 0.4) is 0 Å². The molecule has 4 aliphatic rings. The van der Waals surface area contributed by atoms with Gasteiger partial charge in [0.25, 0.3) is 0 Å². The summed E-state index contributed by atoms with van der Waals surface area (Å²) in [4.78, 5) is 69.3. The van der Waals surface area contributed by atoms with Gasteiger partial charge in [0.2, 0.25) is 11.8 Å². The van der Waals surface area contributed by atoms with Crippen LogP contribution in [0.1, 0.15) is 47.2 Å². The van der Waals surface area contributed by atoms with E-state index >= 15 is 0 Å². The van der Waals surface area contributed by atoms with E-state index in [4.69, 9.17) is 4.74 Å². The average molecular weight is 679 g/mol. The van der Waals surface area contributed by atoms with Gasteiger partial charge in [0.15, 0.2) is 28.8 Å². The Labute approximate surface area is 273 Å². The minimum atomic E-state index is -0.818. The Kier molecular flexibility index (Phi) is 7.24. The maximum atomic E-state index is 14.2. The number of carbonyl (C=O) groups is 5. The van der Waals surface area contributed by atoms with Gasteiger partial charge in [0, 0.05) is 43.8 Å². The quantitative estimate of drug-likeness (QED) is 0.152. The van der Waals surface area contributed by atoms with E-state index in [2.05, 4.69) is 15.9 Å². The molecule has 1 heterocycles. The summed E-state index contributed by atoms with van der Waals surface area (Å²) >= 11 is 3.48. The zero-order valence-electron chi connectivity index (χ0n) is 25.0. The standard InChI is InChI=1S/C37H28BrNO7/c1-18-14-28(40)26-17-25-23(30(32(26)33(18)41)27-15-21(38)16-29(46-2)35(27)43)12-13-24-31(25)37(45)39(36(24)44)22-10-8-20(9-11-22)34(42)19-6-4-3-5-7-19/h3-12,14-16,24-25,30-31,43H,13,17H2,1-2H3/t24-,25+,30+,31-/m0/s1. The van der Waals surface area contributed by atoms with E-state index in [1.54, 1.807) is 67.6 Å². The van der Waals surface area contributed by atoms with Gasteiger partial charge in [-0.25, -0.2) is 0 Å². The molecule has 0 aromatic heterocycles. The van der Waals surface area contributed by atoms with Crippen molar-refractivity contribution in [1.29, 1.82) is 0 Å². The second kappa shape index (κ2) is 11.2. The van der Waals surface area contributed by atoms with E-state index in [1.807, 2.05) is 12.1 Å². The molecule has 0 saturated carbocycles. The fraction of sp³-hybridized carbons (Fsp3) is 0.216. The highest BCUT2D eigenvalue weighted by atomic mass is 79.9. The van der Waals surface area contributed by atoms with Crippen LogP contribution in [-0.4, -0.2) is 41.4 Å². The molecule has 46 heavy (non-hydrogen) atoms. The van der Waals surface area contributed by atoms with Crippen LogP contribution in [0.4, 0.5) is 5.69 Å². The molecule has 0 unspecified atom stereocenters. The van der Waals surface area contributed by atoms with Crippen LogP contribution in [-0.2, 0) is 19.2 Å². The van der Waals surface area contributed by atoms with E-state index in [-0.39, 0.29) is 53.2 Å². The van der Waals surface area contributed by atoms with E-state index in [1.165, 1.54) is 18.1 Å². The number of fused-ring (bicyclic) bond motifs is 3. The molecule has 1 fully saturated rings. The SMILES string of the molecule is COc1cc(Br)cc([C@H]2C3=CC[C@@H]4C(=O)N(c5ccc(C(=O)c6ccccc6)cc5)C(=O)[C@@H]4[C@@H]3CC3=C2C(=O)C(C)=CC3=O)c1O. The Balaban J connectivity index is 1.28. The third-order valence-electron chi connectivity index (χ3n) is 9.59. The van der Waals surface area contributed by atoms with Crippen LogP contribution >= 0.6 is 15.9 Å². The number of methoxy groups -OCH3 is 1. The summed E-state index contributed by atoms with van der Waals surface area (Å²) in [7, 11) is 1.42. The molecular formula is C37H28BrNO7. The maximum Gasteiger partial charge on any atom is 0.238 e. The molecule has 230 valence electrons. The van der Waals surface area contributed by atoms with Crippen molar-refractivity contribution in [2.45, 2.75) is 25.7 Å². The lowest BCUT2D eigenvalue weighted by Crippen LogP contribution is -2.39. The van der Waals surface area contributed by atoms with Crippen LogP contribution in [0, 0.1) is 17.8 Å². The van der Waals surface area contributed by atoms with Crippen molar-refractivity contribution in [3.63, 3.8) is 0 Å². The lowest BCUT2D eigenvalue weighted by Gasteiger charge is -2.42. The molecule has 1 aliphatic heterocycles. The molecule has 8 nitrogen and oxygen atoms in total. The number of nitrogens with zero attached hydrogens (tertiary/aromatic N) is 1. The molecule has 0 radical (unpaired) electrons. The van der Waals surface area contributed by atoms with Crippen molar-refractivity contribution in [1.82, 2.24) is 0 Å². The van der Waals surface area contributed by atoms with E-state index < -0.39 is 29.6 Å². The van der Waals surface area contributed by atoms with Gasteiger partial charge in [0.05, 0.1) is 24.6 Å². The van der Waals surface area contributed by atoms with E-state index in [0.29, 0.717) is 38.0 Å². The first-order valence-corrected chi connectivity index (χ1v) is 15.7. The van der Waals surface area contributed by atoms with Gasteiger partial charge in [-0.2, -0.15) is 0 Å². The summed E-state index contributed by atoms with van der Waals surface area (Å²) in [6, 6.07) is 18.6. The van der Waals surface area contributed by atoms with E-state index in [0.717, 1.165) is 5.57 Å². The highest BCUT2D eigenvalue weighted by molar-refractivity contribution is 9.10. The van der Waals surface area contributed by atoms with Crippen LogP contribution in [0.5, 0.6) is 11.5 Å². The molecule has 9 heteroatoms. The number of hydrogen-bond donors (Lipinski definition) is 1. The van der Waals surface area contributed by atoms with Crippen LogP contribution in [0.2, 0.25) is 0 Å². The Morgan fingerprint density at radius 3 is 2.33 bits per heavy atom. The summed E-state index contributed by atoms with van der Waals surface area (Å²) < 4.78 is 6.01. The number of Topliss-reactive ketones (excluding diaryl/α,β-unsaturated/α-hetero) is 1. The van der Waals surface area contributed by atoms with Crippen LogP contribution in [0.25, 0.3) is 0 Å². The first-order valence-electron chi connectivity index (χ1n) is 14.9. The number of rotatable bonds is 5. The normalized spacial score (nSPS) is 23.8. The van der Waals surface area contributed by atoms with Gasteiger partial charge in [0.1, 0.15) is 0 Å². The summed E-state index contributed by atoms with van der Waals surface area (Å²) in [6.07, 6.45) is 3.59. The first-order chi connectivity index (χ1) is 22.1. The average Bonchev–Trinajstić information content (AvgIpc) is 3.33. The monoisotopic (exact) mass is 677 g/mol. The van der Waals surface area contributed by atoms with Gasteiger partial charge < -0.3 is 9.84 Å². The van der Waals surface area contributed by atoms with Crippen molar-refractivity contribution in [2.24, 2.45) is 17.8 Å². The zero-order chi connectivity index (χ0) is 32.4. The van der Waals surface area contributed by atoms with Gasteiger partial charge in [-0.3, -0.25) is 28.9 Å². The van der Waals surface area contributed by atoms with Crippen molar-refractivity contribution < 1.29 is 33.8 Å². The molecule has 3 aliphatic carbocycles. The largest absolute Gasteiger partial charge is 0.504 e. The highest BCUT2D eigenvalue weighted by Crippen LogP contribution is 2.57. The summed E-state index contributed by atoms with van der Waals surface area (Å²) in [6.45, 7) is 1.59. The van der Waals surface area contributed by atoms with Gasteiger partial charge in [-0.15, -0.1) is 0 Å². The number of phenolic OH excluding ortho intramolecular Hbond substituents is 1. The fourth-order valence-corrected chi connectivity index (χ4v) is 7.91. The lowest BCUT2D eigenvalue weighted by atomic mass is 9.59. The predicted molar refractivity (Wildman–Crippen MR) is 172 cm³/mol. The molecule has 7 rings (SSSR count). The maximum absolute atomic E-state index is 14.2. The Morgan fingerprint density at radius 1 is 0.935 bits per heavy atom. The molecule has 3 aromatic carbocycles. The van der Waals surface area contributed by atoms with Crippen molar-refractivity contribution in [3.8, 4) is 11.5 Å². The number of ketones is 3. The Morgan fingerprint density at radius 2 is 1.63 bits per heavy atom. The molecule has 1 saturated heterocycles.